The average molecular weight is 410 g/mol. The lowest BCUT2D eigenvalue weighted by molar-refractivity contribution is -0.141. The van der Waals surface area contributed by atoms with Gasteiger partial charge in [0.05, 0.1) is 11.3 Å². The van der Waals surface area contributed by atoms with E-state index in [1.165, 1.54) is 11.4 Å². The Kier molecular flexibility index (Phi) is 4.02. The summed E-state index contributed by atoms with van der Waals surface area (Å²) in [6, 6.07) is 11.8. The maximum atomic E-state index is 13.5. The fourth-order valence-corrected chi connectivity index (χ4v) is 3.52. The van der Waals surface area contributed by atoms with Crippen molar-refractivity contribution < 1.29 is 13.2 Å². The van der Waals surface area contributed by atoms with Crippen LogP contribution < -0.4 is 5.73 Å². The van der Waals surface area contributed by atoms with E-state index in [2.05, 4.69) is 20.1 Å². The summed E-state index contributed by atoms with van der Waals surface area (Å²) in [6.07, 6.45) is -2.60. The first kappa shape index (κ1) is 18.5. The molecular weight excluding hydrogens is 393 g/mol. The van der Waals surface area contributed by atoms with Gasteiger partial charge in [-0.05, 0) is 37.5 Å². The van der Waals surface area contributed by atoms with Crippen LogP contribution in [0.1, 0.15) is 36.0 Å². The fourth-order valence-electron chi connectivity index (χ4n) is 3.52. The van der Waals surface area contributed by atoms with Crippen LogP contribution in [0.2, 0.25) is 0 Å². The second-order valence-corrected chi connectivity index (χ2v) is 7.42. The highest BCUT2D eigenvalue weighted by Gasteiger charge is 2.34. The molecule has 2 N–H and O–H groups in total. The highest BCUT2D eigenvalue weighted by Crippen LogP contribution is 2.41. The van der Waals surface area contributed by atoms with Crippen LogP contribution in [0.4, 0.5) is 19.1 Å². The molecule has 0 saturated heterocycles. The molecule has 0 radical (unpaired) electrons. The molecule has 1 fully saturated rings. The molecule has 1 aliphatic carbocycles. The van der Waals surface area contributed by atoms with Gasteiger partial charge >= 0.3 is 6.18 Å². The molecule has 0 bridgehead atoms. The van der Waals surface area contributed by atoms with Crippen LogP contribution in [0.15, 0.2) is 42.5 Å². The summed E-state index contributed by atoms with van der Waals surface area (Å²) >= 11 is 0. The molecule has 3 heterocycles. The van der Waals surface area contributed by atoms with E-state index in [-0.39, 0.29) is 17.6 Å². The zero-order valence-corrected chi connectivity index (χ0v) is 16.0. The van der Waals surface area contributed by atoms with Gasteiger partial charge in [0.15, 0.2) is 11.5 Å². The van der Waals surface area contributed by atoms with Crippen LogP contribution in [-0.4, -0.2) is 24.6 Å². The minimum atomic E-state index is -4.57. The Balaban J connectivity index is 1.85. The number of nitrogens with zero attached hydrogens (tertiary/aromatic N) is 5. The number of aromatic nitrogens is 5. The molecule has 1 saturated carbocycles. The summed E-state index contributed by atoms with van der Waals surface area (Å²) in [4.78, 5) is 12.8. The Morgan fingerprint density at radius 1 is 1.00 bits per heavy atom. The van der Waals surface area contributed by atoms with Crippen LogP contribution >= 0.6 is 0 Å². The summed E-state index contributed by atoms with van der Waals surface area (Å²) in [5.41, 5.74) is 7.78. The minimum Gasteiger partial charge on any atom is -0.368 e. The molecule has 0 aliphatic heterocycles. The first-order valence-corrected chi connectivity index (χ1v) is 9.49. The number of nitrogens with two attached hydrogens (primary N) is 1. The van der Waals surface area contributed by atoms with Crippen LogP contribution in [0, 0.1) is 6.92 Å². The molecule has 3 aromatic heterocycles. The van der Waals surface area contributed by atoms with Crippen LogP contribution in [-0.2, 0) is 6.18 Å². The largest absolute Gasteiger partial charge is 0.433 e. The van der Waals surface area contributed by atoms with E-state index in [9.17, 15) is 13.2 Å². The number of benzene rings is 1. The van der Waals surface area contributed by atoms with Gasteiger partial charge in [-0.15, -0.1) is 5.10 Å². The van der Waals surface area contributed by atoms with Crippen molar-refractivity contribution in [2.24, 2.45) is 0 Å². The van der Waals surface area contributed by atoms with Gasteiger partial charge in [-0.25, -0.2) is 15.0 Å². The zero-order chi connectivity index (χ0) is 21.0. The number of anilines is 1. The SMILES string of the molecule is Cc1cc(-c2c(-c3ccccc3)nc(N)n3nc(C4CC4)nc23)cc(C(F)(F)F)n1. The first-order chi connectivity index (χ1) is 14.3. The summed E-state index contributed by atoms with van der Waals surface area (Å²) < 4.78 is 41.8. The van der Waals surface area contributed by atoms with E-state index < -0.39 is 11.9 Å². The minimum absolute atomic E-state index is 0.133. The molecule has 30 heavy (non-hydrogen) atoms. The molecule has 9 heteroatoms. The van der Waals surface area contributed by atoms with E-state index in [4.69, 9.17) is 5.73 Å². The number of alkyl halides is 3. The summed E-state index contributed by atoms with van der Waals surface area (Å²) in [7, 11) is 0. The van der Waals surface area contributed by atoms with Crippen molar-refractivity contribution in [1.29, 1.82) is 0 Å². The number of nitrogen functional groups attached to an aromatic ring is 1. The molecule has 4 aromatic rings. The molecule has 1 aliphatic rings. The molecule has 6 nitrogen and oxygen atoms in total. The maximum absolute atomic E-state index is 13.5. The normalized spacial score (nSPS) is 14.4. The molecule has 0 unspecified atom stereocenters. The lowest BCUT2D eigenvalue weighted by atomic mass is 9.99. The molecule has 5 rings (SSSR count). The standard InChI is InChI=1S/C21H17F3N6/c1-11-9-14(10-15(26-11)21(22,23)24)16-17(12-5-3-2-4-6-12)27-20(25)30-19(16)28-18(29-30)13-7-8-13/h2-6,9-10,13H,7-8H2,1H3,(H2,25,27). The summed E-state index contributed by atoms with van der Waals surface area (Å²) in [6.45, 7) is 1.53. The summed E-state index contributed by atoms with van der Waals surface area (Å²) in [5, 5.41) is 4.47. The number of pyridine rings is 1. The van der Waals surface area contributed by atoms with Crippen molar-refractivity contribution in [2.75, 3.05) is 5.73 Å². The Bertz CT molecular complexity index is 1260. The fraction of sp³-hybridized carbons (Fsp3) is 0.238. The molecule has 0 amide bonds. The van der Waals surface area contributed by atoms with Gasteiger partial charge in [0.25, 0.3) is 0 Å². The lowest BCUT2D eigenvalue weighted by Gasteiger charge is -2.14. The second-order valence-electron chi connectivity index (χ2n) is 7.42. The van der Waals surface area contributed by atoms with E-state index in [1.807, 2.05) is 30.3 Å². The summed E-state index contributed by atoms with van der Waals surface area (Å²) in [5.74, 6) is 1.02. The predicted octanol–water partition coefficient (Wildman–Crippen LogP) is 4.64. The van der Waals surface area contributed by atoms with Crippen molar-refractivity contribution >= 4 is 11.6 Å². The highest BCUT2D eigenvalue weighted by molar-refractivity contribution is 5.90. The first-order valence-electron chi connectivity index (χ1n) is 9.49. The third-order valence-corrected chi connectivity index (χ3v) is 5.05. The van der Waals surface area contributed by atoms with E-state index in [1.54, 1.807) is 6.07 Å². The number of halogens is 3. The lowest BCUT2D eigenvalue weighted by Crippen LogP contribution is -2.10. The Hall–Kier alpha value is -3.49. The van der Waals surface area contributed by atoms with Gasteiger partial charge in [0, 0.05) is 17.2 Å². The van der Waals surface area contributed by atoms with E-state index in [0.717, 1.165) is 24.5 Å². The molecular formula is C21H17F3N6. The highest BCUT2D eigenvalue weighted by atomic mass is 19.4. The third kappa shape index (κ3) is 3.16. The third-order valence-electron chi connectivity index (χ3n) is 5.05. The van der Waals surface area contributed by atoms with Crippen LogP contribution in [0.5, 0.6) is 0 Å². The smallest absolute Gasteiger partial charge is 0.368 e. The van der Waals surface area contributed by atoms with Crippen LogP contribution in [0.25, 0.3) is 28.0 Å². The maximum Gasteiger partial charge on any atom is 0.433 e. The van der Waals surface area contributed by atoms with Crippen molar-refractivity contribution in [3.05, 3.63) is 59.7 Å². The molecule has 0 spiro atoms. The van der Waals surface area contributed by atoms with Crippen molar-refractivity contribution in [3.8, 4) is 22.4 Å². The van der Waals surface area contributed by atoms with Crippen molar-refractivity contribution in [3.63, 3.8) is 0 Å². The monoisotopic (exact) mass is 410 g/mol. The van der Waals surface area contributed by atoms with Gasteiger partial charge in [-0.1, -0.05) is 30.3 Å². The van der Waals surface area contributed by atoms with E-state index in [0.29, 0.717) is 28.3 Å². The quantitative estimate of drug-likeness (QED) is 0.532. The predicted molar refractivity (Wildman–Crippen MR) is 106 cm³/mol. The van der Waals surface area contributed by atoms with E-state index >= 15 is 0 Å². The van der Waals surface area contributed by atoms with Gasteiger partial charge in [-0.2, -0.15) is 17.7 Å². The average Bonchev–Trinajstić information content (AvgIpc) is 3.46. The number of fused-ring (bicyclic) bond motifs is 1. The number of rotatable bonds is 3. The number of aryl methyl sites for hydroxylation is 1. The topological polar surface area (TPSA) is 82.0 Å². The molecule has 1 aromatic carbocycles. The number of hydrogen-bond donors (Lipinski definition) is 1. The van der Waals surface area contributed by atoms with Gasteiger partial charge in [-0.3, -0.25) is 0 Å². The molecule has 0 atom stereocenters. The second kappa shape index (κ2) is 6.51. The Labute approximate surface area is 169 Å². The number of hydrogen-bond acceptors (Lipinski definition) is 5. The van der Waals surface area contributed by atoms with Gasteiger partial charge < -0.3 is 5.73 Å². The van der Waals surface area contributed by atoms with Gasteiger partial charge in [0.2, 0.25) is 5.95 Å². The van der Waals surface area contributed by atoms with Crippen molar-refractivity contribution in [2.45, 2.75) is 31.9 Å². The Morgan fingerprint density at radius 3 is 2.40 bits per heavy atom. The Morgan fingerprint density at radius 2 is 1.73 bits per heavy atom. The van der Waals surface area contributed by atoms with Gasteiger partial charge in [0.1, 0.15) is 5.69 Å². The zero-order valence-electron chi connectivity index (χ0n) is 16.0. The van der Waals surface area contributed by atoms with Crippen LogP contribution in [0.3, 0.4) is 0 Å². The van der Waals surface area contributed by atoms with Crippen molar-refractivity contribution in [1.82, 2.24) is 24.6 Å². The molecule has 152 valence electrons.